The Balaban J connectivity index is 2.40. The lowest BCUT2D eigenvalue weighted by Gasteiger charge is -2.29. The smallest absolute Gasteiger partial charge is 0.246 e. The molecule has 0 amide bonds. The highest BCUT2D eigenvalue weighted by Crippen LogP contribution is 2.34. The fourth-order valence-corrected chi connectivity index (χ4v) is 4.69. The summed E-state index contributed by atoms with van der Waals surface area (Å²) in [5, 5.41) is 9.44. The molecule has 0 bridgehead atoms. The summed E-state index contributed by atoms with van der Waals surface area (Å²) < 4.78 is 26.2. The molecule has 0 atom stereocenters. The average molecular weight is 325 g/mol. The largest absolute Gasteiger partial charge is 0.399 e. The van der Waals surface area contributed by atoms with E-state index in [0.717, 1.165) is 0 Å². The van der Waals surface area contributed by atoms with Crippen molar-refractivity contribution in [3.05, 3.63) is 22.2 Å². The number of nitrogens with zero attached hydrogens (tertiary/aromatic N) is 1. The number of hydrogen-bond acceptors (Lipinski definition) is 4. The maximum absolute atomic E-state index is 12.5. The molecule has 2 rings (SSSR count). The Morgan fingerprint density at radius 1 is 1.21 bits per heavy atom. The molecule has 1 saturated heterocycles. The van der Waals surface area contributed by atoms with E-state index >= 15 is 0 Å². The van der Waals surface area contributed by atoms with Gasteiger partial charge >= 0.3 is 0 Å². The molecule has 1 heterocycles. The van der Waals surface area contributed by atoms with Crippen molar-refractivity contribution in [3.8, 4) is 0 Å². The van der Waals surface area contributed by atoms with Gasteiger partial charge in [-0.2, -0.15) is 4.31 Å². The van der Waals surface area contributed by atoms with E-state index in [1.165, 1.54) is 16.4 Å². The topological polar surface area (TPSA) is 83.6 Å². The van der Waals surface area contributed by atoms with E-state index in [1.54, 1.807) is 0 Å². The Hall–Kier alpha value is -0.530. The van der Waals surface area contributed by atoms with Crippen LogP contribution in [0.25, 0.3) is 0 Å². The van der Waals surface area contributed by atoms with Gasteiger partial charge in [0.15, 0.2) is 0 Å². The minimum atomic E-state index is -3.76. The van der Waals surface area contributed by atoms with Crippen molar-refractivity contribution in [2.24, 2.45) is 0 Å². The lowest BCUT2D eigenvalue weighted by molar-refractivity contribution is 0.113. The van der Waals surface area contributed by atoms with Crippen LogP contribution in [0.3, 0.4) is 0 Å². The second kappa shape index (κ2) is 5.46. The van der Waals surface area contributed by atoms with Crippen LogP contribution in [0.15, 0.2) is 17.0 Å². The van der Waals surface area contributed by atoms with Gasteiger partial charge in [0.1, 0.15) is 4.90 Å². The molecule has 19 heavy (non-hydrogen) atoms. The van der Waals surface area contributed by atoms with E-state index in [9.17, 15) is 13.5 Å². The van der Waals surface area contributed by atoms with E-state index in [0.29, 0.717) is 18.5 Å². The minimum Gasteiger partial charge on any atom is -0.399 e. The molecule has 3 N–H and O–H groups in total. The summed E-state index contributed by atoms with van der Waals surface area (Å²) in [5.41, 5.74) is 5.87. The van der Waals surface area contributed by atoms with Crippen LogP contribution in [0.5, 0.6) is 0 Å². The van der Waals surface area contributed by atoms with Gasteiger partial charge in [0.2, 0.25) is 10.0 Å². The second-order valence-electron chi connectivity index (χ2n) is 4.45. The quantitative estimate of drug-likeness (QED) is 0.811. The Morgan fingerprint density at radius 2 is 1.68 bits per heavy atom. The first kappa shape index (κ1) is 14.9. The molecule has 1 fully saturated rings. The highest BCUT2D eigenvalue weighted by atomic mass is 35.5. The monoisotopic (exact) mass is 324 g/mol. The van der Waals surface area contributed by atoms with Crippen molar-refractivity contribution in [1.29, 1.82) is 0 Å². The van der Waals surface area contributed by atoms with Gasteiger partial charge in [0.25, 0.3) is 0 Å². The lowest BCUT2D eigenvalue weighted by Crippen LogP contribution is -2.40. The first-order chi connectivity index (χ1) is 8.82. The van der Waals surface area contributed by atoms with E-state index in [2.05, 4.69) is 0 Å². The molecule has 8 heteroatoms. The molecule has 1 aromatic rings. The number of rotatable bonds is 2. The molecule has 0 radical (unpaired) electrons. The van der Waals surface area contributed by atoms with Crippen molar-refractivity contribution < 1.29 is 13.5 Å². The second-order valence-corrected chi connectivity index (χ2v) is 7.14. The molecular weight excluding hydrogens is 311 g/mol. The van der Waals surface area contributed by atoms with E-state index in [1.807, 2.05) is 0 Å². The van der Waals surface area contributed by atoms with Crippen LogP contribution in [-0.4, -0.2) is 37.0 Å². The number of nitrogens with two attached hydrogens (primary N) is 1. The van der Waals surface area contributed by atoms with Gasteiger partial charge in [0, 0.05) is 18.8 Å². The number of nitrogen functional groups attached to an aromatic ring is 1. The molecule has 1 aliphatic rings. The molecule has 106 valence electrons. The summed E-state index contributed by atoms with van der Waals surface area (Å²) in [6.45, 7) is 0.501. The maximum atomic E-state index is 12.5. The standard InChI is InChI=1S/C11H14Cl2N2O3S/c12-9-5-7(14)6-10(13)11(9)19(17,18)15-3-1-8(16)2-4-15/h5-6,8,16H,1-4,14H2. The lowest BCUT2D eigenvalue weighted by atomic mass is 10.1. The SMILES string of the molecule is Nc1cc(Cl)c(S(=O)(=O)N2CCC(O)CC2)c(Cl)c1. The molecule has 0 aliphatic carbocycles. The Labute approximate surface area is 122 Å². The van der Waals surface area contributed by atoms with E-state index < -0.39 is 16.1 Å². The maximum Gasteiger partial charge on any atom is 0.246 e. The number of halogens is 2. The molecule has 0 saturated carbocycles. The fraction of sp³-hybridized carbons (Fsp3) is 0.455. The molecule has 0 spiro atoms. The third-order valence-corrected chi connectivity index (χ3v) is 5.86. The minimum absolute atomic E-state index is 0.0103. The number of piperidine rings is 1. The Bertz CT molecular complexity index is 561. The van der Waals surface area contributed by atoms with E-state index in [-0.39, 0.29) is 28.0 Å². The van der Waals surface area contributed by atoms with Crippen molar-refractivity contribution >= 4 is 38.9 Å². The number of hydrogen-bond donors (Lipinski definition) is 2. The van der Waals surface area contributed by atoms with Crippen LogP contribution in [0.2, 0.25) is 10.0 Å². The van der Waals surface area contributed by atoms with Gasteiger partial charge in [-0.25, -0.2) is 8.42 Å². The fourth-order valence-electron chi connectivity index (χ4n) is 2.04. The van der Waals surface area contributed by atoms with Crippen LogP contribution in [0.1, 0.15) is 12.8 Å². The molecular formula is C11H14Cl2N2O3S. The third kappa shape index (κ3) is 2.98. The zero-order valence-electron chi connectivity index (χ0n) is 10.0. The van der Waals surface area contributed by atoms with Crippen LogP contribution in [0.4, 0.5) is 5.69 Å². The number of aliphatic hydroxyl groups is 1. The van der Waals surface area contributed by atoms with E-state index in [4.69, 9.17) is 28.9 Å². The average Bonchev–Trinajstić information content (AvgIpc) is 2.27. The Morgan fingerprint density at radius 3 is 2.16 bits per heavy atom. The first-order valence-electron chi connectivity index (χ1n) is 5.75. The summed E-state index contributed by atoms with van der Waals surface area (Å²) in [7, 11) is -3.76. The van der Waals surface area contributed by atoms with Gasteiger partial charge in [-0.05, 0) is 25.0 Å². The van der Waals surface area contributed by atoms with Crippen LogP contribution < -0.4 is 5.73 Å². The van der Waals surface area contributed by atoms with Gasteiger partial charge in [-0.1, -0.05) is 23.2 Å². The molecule has 1 aliphatic heterocycles. The predicted octanol–water partition coefficient (Wildman–Crippen LogP) is 1.72. The molecule has 0 unspecified atom stereocenters. The normalized spacial score (nSPS) is 18.7. The number of aliphatic hydroxyl groups excluding tert-OH is 1. The number of benzene rings is 1. The predicted molar refractivity (Wildman–Crippen MR) is 74.9 cm³/mol. The highest BCUT2D eigenvalue weighted by molar-refractivity contribution is 7.89. The van der Waals surface area contributed by atoms with Gasteiger partial charge in [0.05, 0.1) is 16.1 Å². The van der Waals surface area contributed by atoms with Crippen LogP contribution >= 0.6 is 23.2 Å². The summed E-state index contributed by atoms with van der Waals surface area (Å²) in [6.07, 6.45) is 0.358. The van der Waals surface area contributed by atoms with Crippen molar-refractivity contribution in [3.63, 3.8) is 0 Å². The molecule has 1 aromatic carbocycles. The molecule has 5 nitrogen and oxygen atoms in total. The zero-order chi connectivity index (χ0) is 14.2. The zero-order valence-corrected chi connectivity index (χ0v) is 12.3. The molecule has 0 aromatic heterocycles. The summed E-state index contributed by atoms with van der Waals surface area (Å²) in [5.74, 6) is 0. The van der Waals surface area contributed by atoms with Gasteiger partial charge < -0.3 is 10.8 Å². The number of sulfonamides is 1. The van der Waals surface area contributed by atoms with Crippen LogP contribution in [0, 0.1) is 0 Å². The van der Waals surface area contributed by atoms with Gasteiger partial charge in [-0.3, -0.25) is 0 Å². The highest BCUT2D eigenvalue weighted by Gasteiger charge is 2.32. The van der Waals surface area contributed by atoms with Crippen molar-refractivity contribution in [2.45, 2.75) is 23.8 Å². The Kier molecular flexibility index (Phi) is 4.27. The summed E-state index contributed by atoms with van der Waals surface area (Å²) in [6, 6.07) is 2.72. The van der Waals surface area contributed by atoms with Crippen molar-refractivity contribution in [1.82, 2.24) is 4.31 Å². The third-order valence-electron chi connectivity index (χ3n) is 3.04. The summed E-state index contributed by atoms with van der Waals surface area (Å²) in [4.78, 5) is -0.124. The number of anilines is 1. The first-order valence-corrected chi connectivity index (χ1v) is 7.94. The summed E-state index contributed by atoms with van der Waals surface area (Å²) >= 11 is 11.9. The van der Waals surface area contributed by atoms with Crippen LogP contribution in [-0.2, 0) is 10.0 Å². The van der Waals surface area contributed by atoms with Crippen molar-refractivity contribution in [2.75, 3.05) is 18.8 Å². The van der Waals surface area contributed by atoms with Gasteiger partial charge in [-0.15, -0.1) is 0 Å².